The summed E-state index contributed by atoms with van der Waals surface area (Å²) in [5, 5.41) is 18.6. The quantitative estimate of drug-likeness (QED) is 0.371. The fourth-order valence-corrected chi connectivity index (χ4v) is 2.18. The van der Waals surface area contributed by atoms with Gasteiger partial charge in [-0.1, -0.05) is 0 Å². The Morgan fingerprint density at radius 3 is 2.78 bits per heavy atom. The number of amides is 1. The number of phenolic OH excluding ortho intramolecular Hbond substituents is 1. The minimum atomic E-state index is -0.517. The molecule has 0 radical (unpaired) electrons. The minimum absolute atomic E-state index is 0.0748. The number of aromatic hydroxyl groups is 1. The first-order valence-electron chi connectivity index (χ1n) is 8.33. The number of anilines is 3. The molecule has 0 bridgehead atoms. The summed E-state index contributed by atoms with van der Waals surface area (Å²) < 4.78 is 0. The summed E-state index contributed by atoms with van der Waals surface area (Å²) in [5.41, 5.74) is 7.22. The Kier molecular flexibility index (Phi) is 6.70. The minimum Gasteiger partial charge on any atom is -0.507 e. The van der Waals surface area contributed by atoms with Gasteiger partial charge in [-0.15, -0.1) is 0 Å². The number of allylic oxidation sites excluding steroid dienone is 1. The number of hydrogen-bond acceptors (Lipinski definition) is 8. The molecule has 9 nitrogen and oxygen atoms in total. The van der Waals surface area contributed by atoms with Gasteiger partial charge >= 0.3 is 0 Å². The van der Waals surface area contributed by atoms with Gasteiger partial charge in [-0.25, -0.2) is 4.98 Å². The van der Waals surface area contributed by atoms with Gasteiger partial charge in [0.15, 0.2) is 0 Å². The molecule has 0 aliphatic rings. The fraction of sp³-hybridized carbons (Fsp3) is 0.222. The van der Waals surface area contributed by atoms with Crippen LogP contribution in [-0.2, 0) is 0 Å². The highest BCUT2D eigenvalue weighted by Gasteiger charge is 2.13. The number of aryl methyl sites for hydroxylation is 1. The fourth-order valence-electron chi connectivity index (χ4n) is 2.18. The summed E-state index contributed by atoms with van der Waals surface area (Å²) >= 11 is 0. The number of benzene rings is 1. The zero-order valence-electron chi connectivity index (χ0n) is 15.4. The molecule has 0 atom stereocenters. The molecule has 1 aromatic carbocycles. The first-order valence-corrected chi connectivity index (χ1v) is 8.33. The van der Waals surface area contributed by atoms with E-state index in [9.17, 15) is 9.90 Å². The first-order chi connectivity index (χ1) is 13.0. The summed E-state index contributed by atoms with van der Waals surface area (Å²) in [6, 6.07) is 6.34. The molecule has 0 unspecified atom stereocenters. The van der Waals surface area contributed by atoms with Crippen LogP contribution >= 0.6 is 0 Å². The van der Waals surface area contributed by atoms with E-state index in [1.807, 2.05) is 13.8 Å². The average Bonchev–Trinajstić information content (AvgIpc) is 2.65. The second kappa shape index (κ2) is 9.18. The lowest BCUT2D eigenvalue weighted by molar-refractivity contribution is 0.0965. The van der Waals surface area contributed by atoms with Crippen LogP contribution in [0.3, 0.4) is 0 Å². The lowest BCUT2D eigenvalue weighted by atomic mass is 10.1. The van der Waals surface area contributed by atoms with Gasteiger partial charge in [0.05, 0.1) is 11.3 Å². The molecule has 0 saturated carbocycles. The number of nitrogens with zero attached hydrogens (tertiary/aromatic N) is 3. The summed E-state index contributed by atoms with van der Waals surface area (Å²) in [5.74, 6) is 0.350. The second-order valence-corrected chi connectivity index (χ2v) is 5.53. The molecule has 27 heavy (non-hydrogen) atoms. The zero-order chi connectivity index (χ0) is 19.8. The largest absolute Gasteiger partial charge is 0.507 e. The number of nitrogens with two attached hydrogens (primary N) is 1. The average molecular weight is 369 g/mol. The Bertz CT molecular complexity index is 878. The lowest BCUT2D eigenvalue weighted by Gasteiger charge is -2.11. The van der Waals surface area contributed by atoms with Crippen LogP contribution in [0.2, 0.25) is 0 Å². The van der Waals surface area contributed by atoms with Crippen molar-refractivity contribution < 1.29 is 9.90 Å². The van der Waals surface area contributed by atoms with Crippen molar-refractivity contribution >= 4 is 29.6 Å². The van der Waals surface area contributed by atoms with Crippen molar-refractivity contribution in [3.05, 3.63) is 47.4 Å². The molecule has 0 aliphatic carbocycles. The molecule has 6 N–H and O–H groups in total. The summed E-state index contributed by atoms with van der Waals surface area (Å²) in [7, 11) is 1.76. The van der Waals surface area contributed by atoms with E-state index < -0.39 is 5.91 Å². The second-order valence-electron chi connectivity index (χ2n) is 5.53. The molecule has 2 rings (SSSR count). The lowest BCUT2D eigenvalue weighted by Crippen LogP contribution is -2.24. The smallest absolute Gasteiger partial charge is 0.259 e. The molecule has 1 amide bonds. The monoisotopic (exact) mass is 369 g/mol. The van der Waals surface area contributed by atoms with Gasteiger partial charge in [0.1, 0.15) is 11.6 Å². The Balaban J connectivity index is 2.24. The number of aliphatic imine (C=N–C) groups is 1. The molecular formula is C18H23N7O2. The van der Waals surface area contributed by atoms with Crippen LogP contribution in [0.15, 0.2) is 41.2 Å². The van der Waals surface area contributed by atoms with E-state index in [2.05, 4.69) is 30.9 Å². The van der Waals surface area contributed by atoms with Gasteiger partial charge in [0.2, 0.25) is 5.95 Å². The van der Waals surface area contributed by atoms with E-state index in [0.717, 1.165) is 5.69 Å². The Labute approximate surface area is 157 Å². The van der Waals surface area contributed by atoms with Gasteiger partial charge < -0.3 is 26.8 Å². The number of aromatic nitrogens is 2. The van der Waals surface area contributed by atoms with E-state index in [1.165, 1.54) is 24.5 Å². The number of hydrogen-bond donors (Lipinski definition) is 5. The van der Waals surface area contributed by atoms with Gasteiger partial charge in [-0.3, -0.25) is 9.79 Å². The maximum atomic E-state index is 12.5. The number of nitrogens with one attached hydrogen (secondary N) is 3. The van der Waals surface area contributed by atoms with Crippen LogP contribution in [0.25, 0.3) is 0 Å². The molecule has 0 fully saturated rings. The maximum absolute atomic E-state index is 12.5. The van der Waals surface area contributed by atoms with Crippen molar-refractivity contribution in [1.82, 2.24) is 15.3 Å². The van der Waals surface area contributed by atoms with Crippen molar-refractivity contribution in [2.75, 3.05) is 24.2 Å². The third-order valence-electron chi connectivity index (χ3n) is 3.46. The highest BCUT2D eigenvalue weighted by atomic mass is 16.3. The summed E-state index contributed by atoms with van der Waals surface area (Å²) in [4.78, 5) is 25.1. The van der Waals surface area contributed by atoms with E-state index in [-0.39, 0.29) is 11.3 Å². The van der Waals surface area contributed by atoms with E-state index in [4.69, 9.17) is 5.73 Å². The van der Waals surface area contributed by atoms with Crippen LogP contribution < -0.4 is 21.7 Å². The van der Waals surface area contributed by atoms with Gasteiger partial charge in [-0.05, 0) is 32.0 Å². The molecular weight excluding hydrogens is 346 g/mol. The third-order valence-corrected chi connectivity index (χ3v) is 3.46. The Hall–Kier alpha value is -3.62. The van der Waals surface area contributed by atoms with Gasteiger partial charge in [0, 0.05) is 43.5 Å². The predicted molar refractivity (Wildman–Crippen MR) is 106 cm³/mol. The molecule has 0 spiro atoms. The van der Waals surface area contributed by atoms with Crippen molar-refractivity contribution in [1.29, 1.82) is 0 Å². The molecule has 142 valence electrons. The third kappa shape index (κ3) is 5.43. The van der Waals surface area contributed by atoms with Crippen molar-refractivity contribution in [3.63, 3.8) is 0 Å². The van der Waals surface area contributed by atoms with Gasteiger partial charge in [0.25, 0.3) is 5.91 Å². The first kappa shape index (κ1) is 19.7. The van der Waals surface area contributed by atoms with Crippen LogP contribution in [0.5, 0.6) is 5.75 Å². The molecule has 1 heterocycles. The number of carbonyl (C=O) groups excluding carboxylic acids is 1. The number of carbonyl (C=O) groups is 1. The summed E-state index contributed by atoms with van der Waals surface area (Å²) in [6.45, 7) is 4.27. The highest BCUT2D eigenvalue weighted by Crippen LogP contribution is 2.24. The SMILES string of the molecule is CCN=CC(=CN)NC(=O)c1cc(Nc2nc(C)cc(NC)n2)ccc1O. The van der Waals surface area contributed by atoms with Crippen molar-refractivity contribution in [3.8, 4) is 5.75 Å². The topological polar surface area (TPSA) is 138 Å². The maximum Gasteiger partial charge on any atom is 0.259 e. The number of phenols is 1. The van der Waals surface area contributed by atoms with Crippen LogP contribution in [-0.4, -0.2) is 40.8 Å². The highest BCUT2D eigenvalue weighted by molar-refractivity contribution is 6.01. The van der Waals surface area contributed by atoms with Crippen molar-refractivity contribution in [2.24, 2.45) is 10.7 Å². The van der Waals surface area contributed by atoms with Crippen LogP contribution in [0.1, 0.15) is 23.0 Å². The summed E-state index contributed by atoms with van der Waals surface area (Å²) in [6.07, 6.45) is 2.69. The molecule has 1 aromatic heterocycles. The Morgan fingerprint density at radius 2 is 2.11 bits per heavy atom. The van der Waals surface area contributed by atoms with Gasteiger partial charge in [-0.2, -0.15) is 4.98 Å². The molecule has 0 saturated heterocycles. The van der Waals surface area contributed by atoms with E-state index in [1.54, 1.807) is 19.2 Å². The molecule has 9 heteroatoms. The number of rotatable bonds is 7. The normalized spacial score (nSPS) is 11.4. The van der Waals surface area contributed by atoms with Crippen molar-refractivity contribution in [2.45, 2.75) is 13.8 Å². The van der Waals surface area contributed by atoms with Crippen LogP contribution in [0.4, 0.5) is 17.5 Å². The predicted octanol–water partition coefficient (Wildman–Crippen LogP) is 1.90. The molecule has 0 aliphatic heterocycles. The molecule has 2 aromatic rings. The standard InChI is InChI=1S/C18H23N7O2/c1-4-21-10-13(9-19)23-17(27)14-8-12(5-6-15(14)26)24-18-22-11(2)7-16(20-3)25-18/h5-10,26H,4,19H2,1-3H3,(H,23,27)(H2,20,22,24,25). The van der Waals surface area contributed by atoms with Crippen LogP contribution in [0, 0.1) is 6.92 Å². The zero-order valence-corrected chi connectivity index (χ0v) is 15.4. The van der Waals surface area contributed by atoms with E-state index in [0.29, 0.717) is 29.7 Å². The van der Waals surface area contributed by atoms with E-state index >= 15 is 0 Å². The Morgan fingerprint density at radius 1 is 1.33 bits per heavy atom.